The fourth-order valence-electron chi connectivity index (χ4n) is 4.30. The molecule has 3 heterocycles. The zero-order chi connectivity index (χ0) is 26.0. The van der Waals surface area contributed by atoms with Crippen molar-refractivity contribution in [1.29, 1.82) is 10.8 Å². The summed E-state index contributed by atoms with van der Waals surface area (Å²) in [6.45, 7) is 0. The second-order valence-electron chi connectivity index (χ2n) is 8.87. The first-order valence-electron chi connectivity index (χ1n) is 12.0. The minimum Gasteiger partial charge on any atom is -0.309 e. The first-order chi connectivity index (χ1) is 17.9. The van der Waals surface area contributed by atoms with Crippen LogP contribution in [0.15, 0.2) is 60.9 Å². The number of rotatable bonds is 8. The maximum Gasteiger partial charge on any atom is 0.231 e. The molecule has 1 aliphatic carbocycles. The summed E-state index contributed by atoms with van der Waals surface area (Å²) in [6, 6.07) is 14.4. The van der Waals surface area contributed by atoms with Crippen LogP contribution in [0.4, 0.5) is 5.82 Å². The molecule has 3 aromatic heterocycles. The Hall–Kier alpha value is -3.99. The molecule has 0 radical (unpaired) electrons. The molecule has 0 spiro atoms. The van der Waals surface area contributed by atoms with E-state index in [1.807, 2.05) is 18.2 Å². The van der Waals surface area contributed by atoms with E-state index in [1.165, 1.54) is 0 Å². The van der Waals surface area contributed by atoms with Crippen molar-refractivity contribution in [2.45, 2.75) is 44.4 Å². The molecule has 4 N–H and O–H groups in total. The maximum atomic E-state index is 12.2. The molecule has 0 bridgehead atoms. The van der Waals surface area contributed by atoms with Crippen LogP contribution in [0.25, 0.3) is 0 Å². The van der Waals surface area contributed by atoms with Crippen LogP contribution in [0.2, 0.25) is 0 Å². The highest BCUT2D eigenvalue weighted by atomic mass is 32.2. The summed E-state index contributed by atoms with van der Waals surface area (Å²) in [5.74, 6) is 0.435. The summed E-state index contributed by atoms with van der Waals surface area (Å²) in [7, 11) is 0. The molecule has 11 heteroatoms. The number of amides is 2. The van der Waals surface area contributed by atoms with Gasteiger partial charge in [0.1, 0.15) is 0 Å². The van der Waals surface area contributed by atoms with Gasteiger partial charge in [-0.2, -0.15) is 5.10 Å². The Kier molecular flexibility index (Phi) is 9.03. The lowest BCUT2D eigenvalue weighted by Crippen LogP contribution is -2.30. The van der Waals surface area contributed by atoms with Crippen LogP contribution in [0.5, 0.6) is 0 Å². The molecule has 2 atom stereocenters. The SMILES string of the molecule is N=C(CC1CCC(c2ccc(NC(=O)Cc3ccccn3)nn2)C1)SC(=N)NC(=O)Cc1ccccn1. The van der Waals surface area contributed by atoms with Gasteiger partial charge in [-0.15, -0.1) is 5.10 Å². The van der Waals surface area contributed by atoms with Gasteiger partial charge in [-0.05, 0) is 79.8 Å². The van der Waals surface area contributed by atoms with E-state index in [-0.39, 0.29) is 35.7 Å². The first-order valence-corrected chi connectivity index (χ1v) is 12.8. The molecule has 10 nitrogen and oxygen atoms in total. The molecule has 1 saturated carbocycles. The number of carbonyl (C=O) groups is 2. The summed E-state index contributed by atoms with van der Waals surface area (Å²) in [5, 5.41) is 30.4. The molecule has 0 aliphatic heterocycles. The number of nitrogens with zero attached hydrogens (tertiary/aromatic N) is 4. The van der Waals surface area contributed by atoms with Crippen molar-refractivity contribution in [3.63, 3.8) is 0 Å². The molecule has 1 aliphatic rings. The van der Waals surface area contributed by atoms with E-state index in [1.54, 1.807) is 42.7 Å². The van der Waals surface area contributed by atoms with Gasteiger partial charge in [0.25, 0.3) is 0 Å². The van der Waals surface area contributed by atoms with E-state index in [0.717, 1.165) is 36.7 Å². The van der Waals surface area contributed by atoms with E-state index in [9.17, 15) is 9.59 Å². The molecule has 2 unspecified atom stereocenters. The van der Waals surface area contributed by atoms with Gasteiger partial charge in [-0.3, -0.25) is 30.4 Å². The summed E-state index contributed by atoms with van der Waals surface area (Å²) in [5.41, 5.74) is 2.19. The third kappa shape index (κ3) is 8.28. The normalized spacial score (nSPS) is 16.6. The van der Waals surface area contributed by atoms with E-state index < -0.39 is 0 Å². The zero-order valence-electron chi connectivity index (χ0n) is 20.2. The number of thioether (sulfide) groups is 1. The summed E-state index contributed by atoms with van der Waals surface area (Å²) < 4.78 is 0. The van der Waals surface area contributed by atoms with Crippen LogP contribution in [0, 0.1) is 16.7 Å². The Morgan fingerprint density at radius 1 is 0.892 bits per heavy atom. The third-order valence-corrected chi connectivity index (χ3v) is 6.72. The Balaban J connectivity index is 1.18. The Morgan fingerprint density at radius 2 is 1.59 bits per heavy atom. The Bertz CT molecular complexity index is 1240. The van der Waals surface area contributed by atoms with Crippen LogP contribution in [-0.4, -0.2) is 42.2 Å². The third-order valence-electron chi connectivity index (χ3n) is 6.00. The van der Waals surface area contributed by atoms with Gasteiger partial charge in [0.2, 0.25) is 11.8 Å². The van der Waals surface area contributed by atoms with Gasteiger partial charge in [-0.1, -0.05) is 12.1 Å². The van der Waals surface area contributed by atoms with Gasteiger partial charge in [0.05, 0.1) is 23.6 Å². The van der Waals surface area contributed by atoms with Crippen molar-refractivity contribution < 1.29 is 9.59 Å². The van der Waals surface area contributed by atoms with Gasteiger partial charge < -0.3 is 10.6 Å². The Morgan fingerprint density at radius 3 is 2.22 bits per heavy atom. The number of nitrogens with one attached hydrogen (secondary N) is 4. The fourth-order valence-corrected chi connectivity index (χ4v) is 5.03. The van der Waals surface area contributed by atoms with E-state index in [4.69, 9.17) is 10.8 Å². The van der Waals surface area contributed by atoms with Crippen molar-refractivity contribution >= 4 is 39.6 Å². The lowest BCUT2D eigenvalue weighted by atomic mass is 10.00. The summed E-state index contributed by atoms with van der Waals surface area (Å²) in [4.78, 5) is 32.6. The first kappa shape index (κ1) is 26.1. The maximum absolute atomic E-state index is 12.2. The molecule has 190 valence electrons. The predicted molar refractivity (Wildman–Crippen MR) is 142 cm³/mol. The number of amidine groups is 1. The minimum atomic E-state index is -0.320. The average molecular weight is 517 g/mol. The van der Waals surface area contributed by atoms with Gasteiger partial charge >= 0.3 is 0 Å². The highest BCUT2D eigenvalue weighted by Crippen LogP contribution is 2.39. The number of anilines is 1. The summed E-state index contributed by atoms with van der Waals surface area (Å²) in [6.07, 6.45) is 6.86. The molecule has 4 rings (SSSR count). The number of hydrogen-bond donors (Lipinski definition) is 4. The van der Waals surface area contributed by atoms with Crippen LogP contribution in [0.1, 0.15) is 48.7 Å². The topological polar surface area (TPSA) is 157 Å². The molecular weight excluding hydrogens is 488 g/mol. The van der Waals surface area contributed by atoms with Gasteiger partial charge in [0.15, 0.2) is 11.0 Å². The van der Waals surface area contributed by atoms with Gasteiger partial charge in [0, 0.05) is 29.7 Å². The van der Waals surface area contributed by atoms with Crippen molar-refractivity contribution in [3.8, 4) is 0 Å². The van der Waals surface area contributed by atoms with Gasteiger partial charge in [-0.25, -0.2) is 0 Å². The highest BCUT2D eigenvalue weighted by Gasteiger charge is 2.28. The van der Waals surface area contributed by atoms with Crippen LogP contribution in [0.3, 0.4) is 0 Å². The highest BCUT2D eigenvalue weighted by molar-refractivity contribution is 8.26. The standard InChI is InChI=1S/C26H28N8O2S/c27-22(37-26(28)32-25(36)16-20-6-2-4-12-30-20)14-17-7-8-18(13-17)21-9-10-23(34-33-21)31-24(35)15-19-5-1-3-11-29-19/h1-6,9-12,17-18,27H,7-8,13-16H2,(H2,28,32,36)(H,31,34,35). The molecule has 0 aromatic carbocycles. The van der Waals surface area contributed by atoms with E-state index in [2.05, 4.69) is 30.8 Å². The number of pyridine rings is 2. The predicted octanol–water partition coefficient (Wildman–Crippen LogP) is 3.73. The van der Waals surface area contributed by atoms with E-state index in [0.29, 0.717) is 34.6 Å². The second-order valence-corrected chi connectivity index (χ2v) is 9.98. The number of carbonyl (C=O) groups excluding carboxylic acids is 2. The van der Waals surface area contributed by atoms with E-state index >= 15 is 0 Å². The fraction of sp³-hybridized carbons (Fsp3) is 0.308. The minimum absolute atomic E-state index is 0.0490. The van der Waals surface area contributed by atoms with Crippen molar-refractivity contribution in [2.75, 3.05) is 5.32 Å². The molecule has 37 heavy (non-hydrogen) atoms. The molecule has 1 fully saturated rings. The number of hydrogen-bond acceptors (Lipinski definition) is 9. The lowest BCUT2D eigenvalue weighted by molar-refractivity contribution is -0.119. The van der Waals surface area contributed by atoms with Crippen molar-refractivity contribution in [3.05, 3.63) is 78.0 Å². The van der Waals surface area contributed by atoms with Crippen molar-refractivity contribution in [2.24, 2.45) is 5.92 Å². The molecule has 2 amide bonds. The van der Waals surface area contributed by atoms with Crippen LogP contribution < -0.4 is 10.6 Å². The second kappa shape index (κ2) is 12.8. The lowest BCUT2D eigenvalue weighted by Gasteiger charge is -2.12. The Labute approximate surface area is 219 Å². The average Bonchev–Trinajstić information content (AvgIpc) is 3.33. The van der Waals surface area contributed by atoms with Crippen LogP contribution >= 0.6 is 11.8 Å². The van der Waals surface area contributed by atoms with Crippen molar-refractivity contribution in [1.82, 2.24) is 25.5 Å². The zero-order valence-corrected chi connectivity index (χ0v) is 21.0. The number of aromatic nitrogens is 4. The smallest absolute Gasteiger partial charge is 0.231 e. The van der Waals surface area contributed by atoms with Crippen LogP contribution in [-0.2, 0) is 22.4 Å². The molecule has 0 saturated heterocycles. The molecular formula is C26H28N8O2S. The summed E-state index contributed by atoms with van der Waals surface area (Å²) >= 11 is 0.972. The monoisotopic (exact) mass is 516 g/mol. The quantitative estimate of drug-likeness (QED) is 0.262. The molecule has 3 aromatic rings. The largest absolute Gasteiger partial charge is 0.309 e.